The summed E-state index contributed by atoms with van der Waals surface area (Å²) in [4.78, 5) is 14.9. The van der Waals surface area contributed by atoms with Crippen LogP contribution in [0, 0.1) is 0 Å². The fourth-order valence-corrected chi connectivity index (χ4v) is 1.91. The first-order valence-electron chi connectivity index (χ1n) is 6.53. The molecule has 0 atom stereocenters. The standard InChI is InChI=1S/C15H9F6NO3/c1-24-13(23)9-6-11(22-12(7-9)14(16,17)18)8-3-2-4-10(5-8)25-15(19,20)21/h2-7H,1H3. The maximum Gasteiger partial charge on any atom is 0.573 e. The summed E-state index contributed by atoms with van der Waals surface area (Å²) in [5.41, 5.74) is -2.28. The Bertz CT molecular complexity index is 786. The number of esters is 1. The van der Waals surface area contributed by atoms with Crippen LogP contribution in [-0.2, 0) is 10.9 Å². The molecular weight excluding hydrogens is 356 g/mol. The normalized spacial score (nSPS) is 12.0. The highest BCUT2D eigenvalue weighted by Gasteiger charge is 2.34. The first-order valence-corrected chi connectivity index (χ1v) is 6.53. The first-order chi connectivity index (χ1) is 11.5. The number of pyridine rings is 1. The average molecular weight is 365 g/mol. The molecule has 0 bridgehead atoms. The minimum absolute atomic E-state index is 0.0991. The van der Waals surface area contributed by atoms with Gasteiger partial charge in [-0.3, -0.25) is 0 Å². The van der Waals surface area contributed by atoms with Gasteiger partial charge in [-0.25, -0.2) is 9.78 Å². The quantitative estimate of drug-likeness (QED) is 0.596. The summed E-state index contributed by atoms with van der Waals surface area (Å²) < 4.78 is 83.7. The van der Waals surface area contributed by atoms with E-state index < -0.39 is 35.5 Å². The monoisotopic (exact) mass is 365 g/mol. The van der Waals surface area contributed by atoms with E-state index in [-0.39, 0.29) is 11.3 Å². The number of hydrogen-bond acceptors (Lipinski definition) is 4. The number of nitrogens with zero attached hydrogens (tertiary/aromatic N) is 1. The van der Waals surface area contributed by atoms with E-state index in [4.69, 9.17) is 0 Å². The van der Waals surface area contributed by atoms with Gasteiger partial charge in [0.25, 0.3) is 0 Å². The number of aromatic nitrogens is 1. The molecule has 25 heavy (non-hydrogen) atoms. The maximum atomic E-state index is 12.9. The van der Waals surface area contributed by atoms with Gasteiger partial charge in [-0.05, 0) is 24.3 Å². The molecule has 0 radical (unpaired) electrons. The Morgan fingerprint density at radius 1 is 1.04 bits per heavy atom. The molecule has 0 spiro atoms. The van der Waals surface area contributed by atoms with Gasteiger partial charge >= 0.3 is 18.5 Å². The van der Waals surface area contributed by atoms with Crippen molar-refractivity contribution in [2.45, 2.75) is 12.5 Å². The van der Waals surface area contributed by atoms with Crippen LogP contribution in [0.5, 0.6) is 5.75 Å². The van der Waals surface area contributed by atoms with Crippen molar-refractivity contribution in [3.63, 3.8) is 0 Å². The van der Waals surface area contributed by atoms with E-state index >= 15 is 0 Å². The summed E-state index contributed by atoms with van der Waals surface area (Å²) in [7, 11) is 0.980. The van der Waals surface area contributed by atoms with Crippen LogP contribution in [0.4, 0.5) is 26.3 Å². The Labute approximate surface area is 137 Å². The Balaban J connectivity index is 2.54. The SMILES string of the molecule is COC(=O)c1cc(-c2cccc(OC(F)(F)F)c2)nc(C(F)(F)F)c1. The minimum Gasteiger partial charge on any atom is -0.465 e. The molecule has 1 aromatic carbocycles. The van der Waals surface area contributed by atoms with E-state index in [0.717, 1.165) is 31.4 Å². The maximum absolute atomic E-state index is 12.9. The number of carbonyl (C=O) groups is 1. The average Bonchev–Trinajstić information content (AvgIpc) is 2.51. The number of rotatable bonds is 3. The van der Waals surface area contributed by atoms with E-state index in [1.807, 2.05) is 0 Å². The molecule has 4 nitrogen and oxygen atoms in total. The molecule has 2 rings (SSSR count). The molecule has 2 aromatic rings. The van der Waals surface area contributed by atoms with Crippen LogP contribution in [-0.4, -0.2) is 24.4 Å². The zero-order chi connectivity index (χ0) is 18.8. The topological polar surface area (TPSA) is 48.4 Å². The predicted octanol–water partition coefficient (Wildman–Crippen LogP) is 4.45. The second kappa shape index (κ2) is 6.61. The van der Waals surface area contributed by atoms with Gasteiger partial charge in [-0.1, -0.05) is 12.1 Å². The van der Waals surface area contributed by atoms with E-state index in [9.17, 15) is 31.1 Å². The van der Waals surface area contributed by atoms with Crippen LogP contribution < -0.4 is 4.74 Å². The third-order valence-corrected chi connectivity index (χ3v) is 2.90. The zero-order valence-corrected chi connectivity index (χ0v) is 12.4. The number of carbonyl (C=O) groups excluding carboxylic acids is 1. The first kappa shape index (κ1) is 18.6. The van der Waals surface area contributed by atoms with Gasteiger partial charge in [0.05, 0.1) is 18.4 Å². The van der Waals surface area contributed by atoms with Crippen LogP contribution in [0.1, 0.15) is 16.1 Å². The lowest BCUT2D eigenvalue weighted by molar-refractivity contribution is -0.274. The van der Waals surface area contributed by atoms with E-state index in [1.165, 1.54) is 6.07 Å². The molecule has 0 aliphatic rings. The lowest BCUT2D eigenvalue weighted by atomic mass is 10.1. The fourth-order valence-electron chi connectivity index (χ4n) is 1.91. The Hall–Kier alpha value is -2.78. The molecule has 10 heteroatoms. The molecule has 0 unspecified atom stereocenters. The van der Waals surface area contributed by atoms with Gasteiger partial charge in [-0.15, -0.1) is 13.2 Å². The van der Waals surface area contributed by atoms with Crippen LogP contribution in [0.25, 0.3) is 11.3 Å². The summed E-state index contributed by atoms with van der Waals surface area (Å²) in [6.45, 7) is 0. The van der Waals surface area contributed by atoms with Crippen molar-refractivity contribution >= 4 is 5.97 Å². The van der Waals surface area contributed by atoms with Crippen molar-refractivity contribution in [1.29, 1.82) is 0 Å². The van der Waals surface area contributed by atoms with Crippen molar-refractivity contribution in [3.8, 4) is 17.0 Å². The highest BCUT2D eigenvalue weighted by molar-refractivity contribution is 5.90. The minimum atomic E-state index is -4.96. The summed E-state index contributed by atoms with van der Waals surface area (Å²) in [5, 5.41) is 0. The summed E-state index contributed by atoms with van der Waals surface area (Å²) >= 11 is 0. The molecule has 0 fully saturated rings. The van der Waals surface area contributed by atoms with E-state index in [0.29, 0.717) is 6.07 Å². The molecular formula is C15H9F6NO3. The second-order valence-corrected chi connectivity index (χ2v) is 4.69. The molecule has 0 saturated carbocycles. The number of hydrogen-bond donors (Lipinski definition) is 0. The number of halogens is 6. The molecule has 1 heterocycles. The largest absolute Gasteiger partial charge is 0.573 e. The highest BCUT2D eigenvalue weighted by atomic mass is 19.4. The Morgan fingerprint density at radius 3 is 2.28 bits per heavy atom. The van der Waals surface area contributed by atoms with Crippen LogP contribution in [0.2, 0.25) is 0 Å². The zero-order valence-electron chi connectivity index (χ0n) is 12.4. The van der Waals surface area contributed by atoms with Crippen LogP contribution >= 0.6 is 0 Å². The highest BCUT2D eigenvalue weighted by Crippen LogP contribution is 2.32. The van der Waals surface area contributed by atoms with Crippen LogP contribution in [0.3, 0.4) is 0 Å². The molecule has 134 valence electrons. The van der Waals surface area contributed by atoms with Crippen molar-refractivity contribution in [1.82, 2.24) is 4.98 Å². The van der Waals surface area contributed by atoms with Gasteiger partial charge in [0, 0.05) is 5.56 Å². The van der Waals surface area contributed by atoms with Crippen molar-refractivity contribution in [2.24, 2.45) is 0 Å². The fraction of sp³-hybridized carbons (Fsp3) is 0.200. The van der Waals surface area contributed by atoms with Gasteiger partial charge in [0.1, 0.15) is 11.4 Å². The van der Waals surface area contributed by atoms with Gasteiger partial charge < -0.3 is 9.47 Å². The molecule has 0 saturated heterocycles. The molecule has 0 amide bonds. The molecule has 0 N–H and O–H groups in total. The molecule has 1 aromatic heterocycles. The Morgan fingerprint density at radius 2 is 1.72 bits per heavy atom. The second-order valence-electron chi connectivity index (χ2n) is 4.69. The van der Waals surface area contributed by atoms with Crippen molar-refractivity contribution in [3.05, 3.63) is 47.7 Å². The summed E-state index contributed by atoms with van der Waals surface area (Å²) in [5.74, 6) is -1.68. The lowest BCUT2D eigenvalue weighted by Gasteiger charge is -2.12. The van der Waals surface area contributed by atoms with Crippen molar-refractivity contribution < 1.29 is 40.6 Å². The molecule has 0 aliphatic heterocycles. The van der Waals surface area contributed by atoms with Crippen molar-refractivity contribution in [2.75, 3.05) is 7.11 Å². The third kappa shape index (κ3) is 4.85. The Kier molecular flexibility index (Phi) is 4.91. The third-order valence-electron chi connectivity index (χ3n) is 2.90. The van der Waals surface area contributed by atoms with Gasteiger partial charge in [0.15, 0.2) is 0 Å². The number of ether oxygens (including phenoxy) is 2. The lowest BCUT2D eigenvalue weighted by Crippen LogP contribution is -2.17. The molecule has 0 aliphatic carbocycles. The van der Waals surface area contributed by atoms with Crippen LogP contribution in [0.15, 0.2) is 36.4 Å². The van der Waals surface area contributed by atoms with E-state index in [2.05, 4.69) is 14.5 Å². The number of methoxy groups -OCH3 is 1. The smallest absolute Gasteiger partial charge is 0.465 e. The summed E-state index contributed by atoms with van der Waals surface area (Å²) in [6, 6.07) is 5.69. The van der Waals surface area contributed by atoms with E-state index in [1.54, 1.807) is 0 Å². The number of alkyl halides is 6. The van der Waals surface area contributed by atoms with Gasteiger partial charge in [-0.2, -0.15) is 13.2 Å². The van der Waals surface area contributed by atoms with Gasteiger partial charge in [0.2, 0.25) is 0 Å². The summed E-state index contributed by atoms with van der Waals surface area (Å²) in [6.07, 6.45) is -9.82. The number of benzene rings is 1. The predicted molar refractivity (Wildman–Crippen MR) is 72.7 cm³/mol.